The minimum absolute atomic E-state index is 0.0635. The molecule has 0 bridgehead atoms. The highest BCUT2D eigenvalue weighted by Crippen LogP contribution is 2.60. The molecule has 0 heterocycles. The smallest absolute Gasteiger partial charge is 0.131 e. The lowest BCUT2D eigenvalue weighted by Gasteiger charge is -2.15. The molecule has 2 aromatic carbocycles. The maximum absolute atomic E-state index is 13.9. The zero-order valence-corrected chi connectivity index (χ0v) is 11.6. The van der Waals surface area contributed by atoms with Crippen molar-refractivity contribution in [3.8, 4) is 0 Å². The topological polar surface area (TPSA) is 26.0 Å². The van der Waals surface area contributed by atoms with E-state index in [2.05, 4.69) is 0 Å². The van der Waals surface area contributed by atoms with E-state index in [0.29, 0.717) is 11.3 Å². The third-order valence-corrected chi connectivity index (χ3v) is 5.40. The standard InChI is InChI=1S/C18H20FN/c19-16-10-9-15(11-5-1-2-6-12(11)16)18(20)17-13-7-3-4-8-14(13)17/h1-2,5-6,9-10,13-14,17-18H,3-4,7-8,20H2. The normalized spacial score (nSPS) is 30.0. The zero-order chi connectivity index (χ0) is 13.7. The van der Waals surface area contributed by atoms with E-state index < -0.39 is 0 Å². The van der Waals surface area contributed by atoms with Crippen LogP contribution >= 0.6 is 0 Å². The fraction of sp³-hybridized carbons (Fsp3) is 0.444. The maximum Gasteiger partial charge on any atom is 0.131 e. The van der Waals surface area contributed by atoms with Crippen molar-refractivity contribution in [3.63, 3.8) is 0 Å². The van der Waals surface area contributed by atoms with E-state index in [4.69, 9.17) is 5.73 Å². The Morgan fingerprint density at radius 3 is 2.30 bits per heavy atom. The number of hydrogen-bond acceptors (Lipinski definition) is 1. The summed E-state index contributed by atoms with van der Waals surface area (Å²) in [7, 11) is 0. The van der Waals surface area contributed by atoms with Crippen LogP contribution in [-0.4, -0.2) is 0 Å². The minimum atomic E-state index is -0.148. The highest BCUT2D eigenvalue weighted by molar-refractivity contribution is 5.86. The van der Waals surface area contributed by atoms with Gasteiger partial charge in [0.25, 0.3) is 0 Å². The van der Waals surface area contributed by atoms with Crippen LogP contribution in [0.2, 0.25) is 0 Å². The summed E-state index contributed by atoms with van der Waals surface area (Å²) < 4.78 is 13.9. The van der Waals surface area contributed by atoms with Crippen LogP contribution in [0.4, 0.5) is 4.39 Å². The Morgan fingerprint density at radius 2 is 1.60 bits per heavy atom. The second kappa shape index (κ2) is 4.56. The molecular formula is C18H20FN. The van der Waals surface area contributed by atoms with Gasteiger partial charge in [-0.25, -0.2) is 4.39 Å². The molecule has 0 radical (unpaired) electrons. The van der Waals surface area contributed by atoms with Gasteiger partial charge in [-0.3, -0.25) is 0 Å². The summed E-state index contributed by atoms with van der Waals surface area (Å²) in [5.74, 6) is 2.11. The number of hydrogen-bond donors (Lipinski definition) is 1. The molecule has 2 N–H and O–H groups in total. The molecule has 3 unspecified atom stereocenters. The van der Waals surface area contributed by atoms with Crippen LogP contribution in [0, 0.1) is 23.6 Å². The van der Waals surface area contributed by atoms with E-state index in [1.165, 1.54) is 25.7 Å². The third-order valence-electron chi connectivity index (χ3n) is 5.40. The lowest BCUT2D eigenvalue weighted by molar-refractivity contribution is 0.480. The fourth-order valence-electron chi connectivity index (χ4n) is 4.36. The first-order valence-electron chi connectivity index (χ1n) is 7.70. The van der Waals surface area contributed by atoms with Crippen LogP contribution in [-0.2, 0) is 0 Å². The summed E-state index contributed by atoms with van der Waals surface area (Å²) >= 11 is 0. The Balaban J connectivity index is 1.73. The van der Waals surface area contributed by atoms with Crippen LogP contribution in [0.1, 0.15) is 37.3 Å². The highest BCUT2D eigenvalue weighted by atomic mass is 19.1. The molecule has 2 saturated carbocycles. The van der Waals surface area contributed by atoms with Crippen molar-refractivity contribution in [1.29, 1.82) is 0 Å². The molecule has 0 spiro atoms. The summed E-state index contributed by atoms with van der Waals surface area (Å²) in [6.07, 6.45) is 5.38. The zero-order valence-electron chi connectivity index (χ0n) is 11.6. The number of rotatable bonds is 2. The summed E-state index contributed by atoms with van der Waals surface area (Å²) in [5, 5.41) is 1.69. The number of benzene rings is 2. The highest BCUT2D eigenvalue weighted by Gasteiger charge is 2.53. The largest absolute Gasteiger partial charge is 0.324 e. The van der Waals surface area contributed by atoms with Crippen molar-refractivity contribution < 1.29 is 4.39 Å². The Labute approximate surface area is 119 Å². The monoisotopic (exact) mass is 269 g/mol. The van der Waals surface area contributed by atoms with Crippen molar-refractivity contribution in [1.82, 2.24) is 0 Å². The van der Waals surface area contributed by atoms with E-state index in [1.54, 1.807) is 6.07 Å². The molecule has 1 nitrogen and oxygen atoms in total. The van der Waals surface area contributed by atoms with Gasteiger partial charge in [0, 0.05) is 11.4 Å². The summed E-state index contributed by atoms with van der Waals surface area (Å²) in [4.78, 5) is 0. The van der Waals surface area contributed by atoms with Gasteiger partial charge in [-0.05, 0) is 47.6 Å². The molecule has 2 aromatic rings. The first-order chi connectivity index (χ1) is 9.77. The lowest BCUT2D eigenvalue weighted by Crippen LogP contribution is -2.15. The molecule has 104 valence electrons. The van der Waals surface area contributed by atoms with Crippen LogP contribution in [0.15, 0.2) is 36.4 Å². The van der Waals surface area contributed by atoms with Crippen LogP contribution in [0.5, 0.6) is 0 Å². The molecular weight excluding hydrogens is 249 g/mol. The Hall–Kier alpha value is -1.41. The Morgan fingerprint density at radius 1 is 0.950 bits per heavy atom. The molecule has 0 saturated heterocycles. The number of nitrogens with two attached hydrogens (primary N) is 1. The van der Waals surface area contributed by atoms with E-state index >= 15 is 0 Å². The fourth-order valence-corrected chi connectivity index (χ4v) is 4.36. The predicted octanol–water partition coefficient (Wildman–Crippen LogP) is 4.41. The minimum Gasteiger partial charge on any atom is -0.324 e. The Bertz CT molecular complexity index is 639. The molecule has 4 rings (SSSR count). The van der Waals surface area contributed by atoms with E-state index in [1.807, 2.05) is 30.3 Å². The van der Waals surface area contributed by atoms with Gasteiger partial charge < -0.3 is 5.73 Å². The molecule has 2 fully saturated rings. The Kier molecular flexibility index (Phi) is 2.81. The molecule has 0 aromatic heterocycles. The molecule has 2 aliphatic carbocycles. The van der Waals surface area contributed by atoms with Gasteiger partial charge in [0.2, 0.25) is 0 Å². The molecule has 0 amide bonds. The molecule has 20 heavy (non-hydrogen) atoms. The van der Waals surface area contributed by atoms with Crippen molar-refractivity contribution in [3.05, 3.63) is 47.8 Å². The number of halogens is 1. The summed E-state index contributed by atoms with van der Waals surface area (Å²) in [5.41, 5.74) is 7.68. The van der Waals surface area contributed by atoms with Crippen molar-refractivity contribution >= 4 is 10.8 Å². The first-order valence-corrected chi connectivity index (χ1v) is 7.70. The van der Waals surface area contributed by atoms with Gasteiger partial charge in [-0.2, -0.15) is 0 Å². The van der Waals surface area contributed by atoms with Crippen LogP contribution in [0.25, 0.3) is 10.8 Å². The van der Waals surface area contributed by atoms with Gasteiger partial charge in [0.15, 0.2) is 0 Å². The van der Waals surface area contributed by atoms with Crippen molar-refractivity contribution in [2.75, 3.05) is 0 Å². The van der Waals surface area contributed by atoms with Gasteiger partial charge in [0.1, 0.15) is 5.82 Å². The molecule has 0 aliphatic heterocycles. The third kappa shape index (κ3) is 1.78. The first kappa shape index (κ1) is 12.3. The van der Waals surface area contributed by atoms with Gasteiger partial charge in [-0.1, -0.05) is 43.2 Å². The van der Waals surface area contributed by atoms with E-state index in [9.17, 15) is 4.39 Å². The molecule has 2 heteroatoms. The average molecular weight is 269 g/mol. The second-order valence-electron chi connectivity index (χ2n) is 6.40. The second-order valence-corrected chi connectivity index (χ2v) is 6.40. The SMILES string of the molecule is NC(c1ccc(F)c2ccccc12)C1C2CCCCC21. The average Bonchev–Trinajstić information content (AvgIpc) is 3.22. The summed E-state index contributed by atoms with van der Waals surface area (Å²) in [6, 6.07) is 11.2. The predicted molar refractivity (Wildman–Crippen MR) is 79.8 cm³/mol. The lowest BCUT2D eigenvalue weighted by atomic mass is 9.94. The quantitative estimate of drug-likeness (QED) is 0.858. The molecule has 2 aliphatic rings. The summed E-state index contributed by atoms with van der Waals surface area (Å²) in [6.45, 7) is 0. The number of fused-ring (bicyclic) bond motifs is 2. The van der Waals surface area contributed by atoms with Crippen LogP contribution < -0.4 is 5.73 Å². The van der Waals surface area contributed by atoms with Crippen molar-refractivity contribution in [2.24, 2.45) is 23.5 Å². The molecule has 3 atom stereocenters. The van der Waals surface area contributed by atoms with Crippen LogP contribution in [0.3, 0.4) is 0 Å². The van der Waals surface area contributed by atoms with E-state index in [-0.39, 0.29) is 11.9 Å². The van der Waals surface area contributed by atoms with Gasteiger partial charge >= 0.3 is 0 Å². The van der Waals surface area contributed by atoms with Gasteiger partial charge in [0.05, 0.1) is 0 Å². The van der Waals surface area contributed by atoms with Crippen molar-refractivity contribution in [2.45, 2.75) is 31.7 Å². The maximum atomic E-state index is 13.9. The van der Waals surface area contributed by atoms with Gasteiger partial charge in [-0.15, -0.1) is 0 Å². The van der Waals surface area contributed by atoms with E-state index in [0.717, 1.165) is 22.8 Å².